The van der Waals surface area contributed by atoms with Crippen LogP contribution in [0.3, 0.4) is 0 Å². The number of benzene rings is 1. The van der Waals surface area contributed by atoms with E-state index < -0.39 is 0 Å². The van der Waals surface area contributed by atoms with Crippen LogP contribution in [0.15, 0.2) is 36.5 Å². The van der Waals surface area contributed by atoms with Crippen molar-refractivity contribution in [1.29, 1.82) is 0 Å². The lowest BCUT2D eigenvalue weighted by Gasteiger charge is -2.26. The zero-order valence-corrected chi connectivity index (χ0v) is 12.4. The summed E-state index contributed by atoms with van der Waals surface area (Å²) in [5.74, 6) is 1.52. The van der Waals surface area contributed by atoms with Gasteiger partial charge >= 0.3 is 0 Å². The second kappa shape index (κ2) is 6.52. The molecule has 0 bridgehead atoms. The standard InChI is InChI=1S/C16H21N5/c1-13(14-8-4-2-5-9-14)18-15-12-17-20-16(19-15)21-10-6-3-7-11-21/h2,4-5,8-9,12-13H,3,6-7,10-11H2,1H3,(H,18,19,20). The monoisotopic (exact) mass is 283 g/mol. The van der Waals surface area contributed by atoms with Gasteiger partial charge in [-0.1, -0.05) is 30.3 Å². The maximum atomic E-state index is 4.60. The number of piperidine rings is 1. The first-order valence-corrected chi connectivity index (χ1v) is 7.59. The molecule has 1 unspecified atom stereocenters. The minimum absolute atomic E-state index is 0.192. The summed E-state index contributed by atoms with van der Waals surface area (Å²) in [5, 5.41) is 11.7. The van der Waals surface area contributed by atoms with E-state index in [-0.39, 0.29) is 6.04 Å². The third-order valence-corrected chi connectivity index (χ3v) is 3.85. The van der Waals surface area contributed by atoms with Crippen LogP contribution in [0.4, 0.5) is 11.8 Å². The van der Waals surface area contributed by atoms with Gasteiger partial charge in [0.15, 0.2) is 5.82 Å². The highest BCUT2D eigenvalue weighted by Crippen LogP contribution is 2.19. The summed E-state index contributed by atoms with van der Waals surface area (Å²) in [6.07, 6.45) is 5.41. The molecule has 0 radical (unpaired) electrons. The van der Waals surface area contributed by atoms with Crippen molar-refractivity contribution in [3.63, 3.8) is 0 Å². The smallest absolute Gasteiger partial charge is 0.247 e. The summed E-state index contributed by atoms with van der Waals surface area (Å²) in [4.78, 5) is 6.82. The predicted octanol–water partition coefficient (Wildman–Crippen LogP) is 3.04. The lowest BCUT2D eigenvalue weighted by molar-refractivity contribution is 0.565. The second-order valence-electron chi connectivity index (χ2n) is 5.47. The van der Waals surface area contributed by atoms with Gasteiger partial charge in [0.05, 0.1) is 6.20 Å². The lowest BCUT2D eigenvalue weighted by atomic mass is 10.1. The number of nitrogens with zero attached hydrogens (tertiary/aromatic N) is 4. The normalized spacial score (nSPS) is 16.5. The number of anilines is 2. The Labute approximate surface area is 125 Å². The molecule has 1 atom stereocenters. The molecule has 21 heavy (non-hydrogen) atoms. The Hall–Kier alpha value is -2.17. The number of rotatable bonds is 4. The maximum Gasteiger partial charge on any atom is 0.247 e. The zero-order chi connectivity index (χ0) is 14.5. The van der Waals surface area contributed by atoms with E-state index in [2.05, 4.69) is 44.5 Å². The summed E-state index contributed by atoms with van der Waals surface area (Å²) in [6.45, 7) is 4.18. The van der Waals surface area contributed by atoms with Crippen molar-refractivity contribution in [3.05, 3.63) is 42.1 Å². The van der Waals surface area contributed by atoms with E-state index in [0.717, 1.165) is 24.9 Å². The van der Waals surface area contributed by atoms with Crippen LogP contribution in [0, 0.1) is 0 Å². The first-order chi connectivity index (χ1) is 10.3. The molecule has 1 saturated heterocycles. The lowest BCUT2D eigenvalue weighted by Crippen LogP contribution is -2.31. The van der Waals surface area contributed by atoms with Crippen molar-refractivity contribution in [2.45, 2.75) is 32.2 Å². The Kier molecular flexibility index (Phi) is 4.28. The molecular weight excluding hydrogens is 262 g/mol. The molecule has 0 spiro atoms. The number of nitrogens with one attached hydrogen (secondary N) is 1. The molecule has 1 aliphatic rings. The Balaban J connectivity index is 1.71. The van der Waals surface area contributed by atoms with Gasteiger partial charge in [-0.2, -0.15) is 10.1 Å². The van der Waals surface area contributed by atoms with Gasteiger partial charge in [-0.3, -0.25) is 0 Å². The first-order valence-electron chi connectivity index (χ1n) is 7.59. The Morgan fingerprint density at radius 2 is 1.86 bits per heavy atom. The quantitative estimate of drug-likeness (QED) is 0.934. The van der Waals surface area contributed by atoms with Crippen LogP contribution in [0.1, 0.15) is 37.8 Å². The van der Waals surface area contributed by atoms with Crippen molar-refractivity contribution in [2.24, 2.45) is 0 Å². The van der Waals surface area contributed by atoms with Crippen LogP contribution in [-0.2, 0) is 0 Å². The SMILES string of the molecule is CC(Nc1cnnc(N2CCCCC2)n1)c1ccccc1. The van der Waals surface area contributed by atoms with Crippen LogP contribution in [0.5, 0.6) is 0 Å². The minimum atomic E-state index is 0.192. The van der Waals surface area contributed by atoms with E-state index in [0.29, 0.717) is 0 Å². The summed E-state index contributed by atoms with van der Waals surface area (Å²) in [7, 11) is 0. The average Bonchev–Trinajstić information content (AvgIpc) is 2.57. The Bertz CT molecular complexity index is 566. The zero-order valence-electron chi connectivity index (χ0n) is 12.4. The molecule has 0 amide bonds. The number of hydrogen-bond donors (Lipinski definition) is 1. The maximum absolute atomic E-state index is 4.60. The summed E-state index contributed by atoms with van der Waals surface area (Å²) < 4.78 is 0. The fraction of sp³-hybridized carbons (Fsp3) is 0.438. The molecule has 2 heterocycles. The van der Waals surface area contributed by atoms with Crippen molar-refractivity contribution in [3.8, 4) is 0 Å². The summed E-state index contributed by atoms with van der Waals surface area (Å²) in [6, 6.07) is 10.5. The molecule has 5 nitrogen and oxygen atoms in total. The highest BCUT2D eigenvalue weighted by Gasteiger charge is 2.15. The molecule has 0 saturated carbocycles. The highest BCUT2D eigenvalue weighted by molar-refractivity contribution is 5.41. The van der Waals surface area contributed by atoms with Crippen LogP contribution >= 0.6 is 0 Å². The number of hydrogen-bond acceptors (Lipinski definition) is 5. The molecule has 1 fully saturated rings. The van der Waals surface area contributed by atoms with Crippen LogP contribution < -0.4 is 10.2 Å². The van der Waals surface area contributed by atoms with Crippen molar-refractivity contribution in [1.82, 2.24) is 15.2 Å². The molecule has 110 valence electrons. The second-order valence-corrected chi connectivity index (χ2v) is 5.47. The van der Waals surface area contributed by atoms with Gasteiger partial charge in [0.25, 0.3) is 0 Å². The van der Waals surface area contributed by atoms with Crippen LogP contribution in [-0.4, -0.2) is 28.3 Å². The van der Waals surface area contributed by atoms with E-state index in [1.54, 1.807) is 6.20 Å². The van der Waals surface area contributed by atoms with E-state index in [9.17, 15) is 0 Å². The van der Waals surface area contributed by atoms with Crippen molar-refractivity contribution in [2.75, 3.05) is 23.3 Å². The molecular formula is C16H21N5. The van der Waals surface area contributed by atoms with Gasteiger partial charge in [-0.05, 0) is 31.7 Å². The Morgan fingerprint density at radius 3 is 2.62 bits per heavy atom. The van der Waals surface area contributed by atoms with E-state index in [1.165, 1.54) is 24.8 Å². The average molecular weight is 283 g/mol. The number of aromatic nitrogens is 3. The van der Waals surface area contributed by atoms with Crippen LogP contribution in [0.25, 0.3) is 0 Å². The molecule has 1 N–H and O–H groups in total. The fourth-order valence-corrected chi connectivity index (χ4v) is 2.64. The molecule has 3 rings (SSSR count). The highest BCUT2D eigenvalue weighted by atomic mass is 15.3. The minimum Gasteiger partial charge on any atom is -0.362 e. The molecule has 1 aliphatic heterocycles. The Morgan fingerprint density at radius 1 is 1.10 bits per heavy atom. The van der Waals surface area contributed by atoms with Gasteiger partial charge in [0, 0.05) is 19.1 Å². The fourth-order valence-electron chi connectivity index (χ4n) is 2.64. The molecule has 5 heteroatoms. The van der Waals surface area contributed by atoms with Crippen LogP contribution in [0.2, 0.25) is 0 Å². The summed E-state index contributed by atoms with van der Waals surface area (Å²) in [5.41, 5.74) is 1.23. The van der Waals surface area contributed by atoms with Crippen molar-refractivity contribution < 1.29 is 0 Å². The van der Waals surface area contributed by atoms with E-state index >= 15 is 0 Å². The van der Waals surface area contributed by atoms with Gasteiger partial charge < -0.3 is 10.2 Å². The molecule has 0 aliphatic carbocycles. The van der Waals surface area contributed by atoms with Gasteiger partial charge in [-0.25, -0.2) is 0 Å². The molecule has 1 aromatic carbocycles. The van der Waals surface area contributed by atoms with E-state index in [1.807, 2.05) is 18.2 Å². The largest absolute Gasteiger partial charge is 0.362 e. The summed E-state index contributed by atoms with van der Waals surface area (Å²) >= 11 is 0. The van der Waals surface area contributed by atoms with Crippen molar-refractivity contribution >= 4 is 11.8 Å². The molecule has 1 aromatic heterocycles. The third-order valence-electron chi connectivity index (χ3n) is 3.85. The van der Waals surface area contributed by atoms with Gasteiger partial charge in [0.1, 0.15) is 0 Å². The van der Waals surface area contributed by atoms with Gasteiger partial charge in [0.2, 0.25) is 5.95 Å². The van der Waals surface area contributed by atoms with E-state index in [4.69, 9.17) is 0 Å². The third kappa shape index (κ3) is 3.48. The topological polar surface area (TPSA) is 53.9 Å². The molecule has 2 aromatic rings. The first kappa shape index (κ1) is 13.8. The predicted molar refractivity (Wildman–Crippen MR) is 84.4 cm³/mol. The van der Waals surface area contributed by atoms with Gasteiger partial charge in [-0.15, -0.1) is 5.10 Å².